The first-order valence-corrected chi connectivity index (χ1v) is 7.54. The fourth-order valence-electron chi connectivity index (χ4n) is 1.78. The van der Waals surface area contributed by atoms with Crippen LogP contribution < -0.4 is 5.32 Å². The van der Waals surface area contributed by atoms with Crippen molar-refractivity contribution in [3.8, 4) is 0 Å². The van der Waals surface area contributed by atoms with Crippen LogP contribution in [0.4, 0.5) is 0 Å². The summed E-state index contributed by atoms with van der Waals surface area (Å²) in [5, 5.41) is 2.62. The number of hydrogen-bond acceptors (Lipinski definition) is 5. The van der Waals surface area contributed by atoms with E-state index in [0.717, 1.165) is 10.0 Å². The van der Waals surface area contributed by atoms with E-state index in [2.05, 4.69) is 21.2 Å². The molecule has 6 nitrogen and oxygen atoms in total. The normalized spacial score (nSPS) is 11.8. The molecule has 122 valence electrons. The number of hydrogen-bond donors (Lipinski definition) is 1. The molecule has 0 saturated heterocycles. The van der Waals surface area contributed by atoms with Crippen molar-refractivity contribution in [2.45, 2.75) is 12.5 Å². The maximum absolute atomic E-state index is 11.8. The highest BCUT2D eigenvalue weighted by molar-refractivity contribution is 9.10. The average molecular weight is 374 g/mol. The number of esters is 1. The van der Waals surface area contributed by atoms with Gasteiger partial charge in [-0.3, -0.25) is 4.79 Å². The molecule has 0 spiro atoms. The summed E-state index contributed by atoms with van der Waals surface area (Å²) < 4.78 is 15.6. The van der Waals surface area contributed by atoms with Crippen LogP contribution in [0.2, 0.25) is 0 Å². The average Bonchev–Trinajstić information content (AvgIpc) is 2.50. The van der Waals surface area contributed by atoms with Gasteiger partial charge in [0.2, 0.25) is 5.91 Å². The molecule has 0 radical (unpaired) electrons. The maximum Gasteiger partial charge on any atom is 0.328 e. The minimum absolute atomic E-state index is 0.130. The maximum atomic E-state index is 11.8. The first kappa shape index (κ1) is 18.6. The molecule has 0 unspecified atom stereocenters. The van der Waals surface area contributed by atoms with Crippen LogP contribution >= 0.6 is 15.9 Å². The fraction of sp³-hybridized carbons (Fsp3) is 0.467. The Morgan fingerprint density at radius 2 is 2.05 bits per heavy atom. The highest BCUT2D eigenvalue weighted by atomic mass is 79.9. The number of ether oxygens (including phenoxy) is 3. The zero-order chi connectivity index (χ0) is 16.4. The van der Waals surface area contributed by atoms with E-state index >= 15 is 0 Å². The van der Waals surface area contributed by atoms with Crippen molar-refractivity contribution in [3.05, 3.63) is 34.3 Å². The zero-order valence-electron chi connectivity index (χ0n) is 12.6. The predicted molar refractivity (Wildman–Crippen MR) is 84.5 cm³/mol. The topological polar surface area (TPSA) is 73.9 Å². The molecule has 0 aliphatic heterocycles. The van der Waals surface area contributed by atoms with Crippen molar-refractivity contribution in [2.75, 3.05) is 34.0 Å². The summed E-state index contributed by atoms with van der Waals surface area (Å²) in [6.45, 7) is 0.597. The van der Waals surface area contributed by atoms with Crippen molar-refractivity contribution in [1.82, 2.24) is 5.32 Å². The van der Waals surface area contributed by atoms with Gasteiger partial charge in [0, 0.05) is 18.0 Å². The lowest BCUT2D eigenvalue weighted by Gasteiger charge is -2.17. The van der Waals surface area contributed by atoms with E-state index in [-0.39, 0.29) is 12.5 Å². The lowest BCUT2D eigenvalue weighted by Crippen LogP contribution is -2.44. The van der Waals surface area contributed by atoms with Gasteiger partial charge >= 0.3 is 5.97 Å². The molecule has 22 heavy (non-hydrogen) atoms. The summed E-state index contributed by atoms with van der Waals surface area (Å²) in [6.07, 6.45) is 0.343. The molecular weight excluding hydrogens is 354 g/mol. The molecule has 0 aromatic heterocycles. The van der Waals surface area contributed by atoms with Gasteiger partial charge in [0.1, 0.15) is 12.6 Å². The van der Waals surface area contributed by atoms with Gasteiger partial charge in [0.25, 0.3) is 0 Å². The third kappa shape index (κ3) is 7.02. The van der Waals surface area contributed by atoms with E-state index in [1.54, 1.807) is 7.11 Å². The molecule has 0 aliphatic carbocycles. The van der Waals surface area contributed by atoms with E-state index in [4.69, 9.17) is 14.2 Å². The molecule has 1 atom stereocenters. The van der Waals surface area contributed by atoms with E-state index in [0.29, 0.717) is 19.6 Å². The van der Waals surface area contributed by atoms with Crippen LogP contribution in [0.25, 0.3) is 0 Å². The van der Waals surface area contributed by atoms with E-state index in [9.17, 15) is 9.59 Å². The van der Waals surface area contributed by atoms with Crippen LogP contribution in [0.1, 0.15) is 5.56 Å². The van der Waals surface area contributed by atoms with Crippen molar-refractivity contribution in [3.63, 3.8) is 0 Å². The third-order valence-corrected chi connectivity index (χ3v) is 3.31. The van der Waals surface area contributed by atoms with Gasteiger partial charge in [-0.15, -0.1) is 0 Å². The Morgan fingerprint density at radius 3 is 2.68 bits per heavy atom. The predicted octanol–water partition coefficient (Wildman–Crippen LogP) is 1.31. The number of methoxy groups -OCH3 is 2. The number of nitrogens with one attached hydrogen (secondary N) is 1. The van der Waals surface area contributed by atoms with E-state index < -0.39 is 12.0 Å². The van der Waals surface area contributed by atoms with E-state index in [1.807, 2.05) is 24.3 Å². The summed E-state index contributed by atoms with van der Waals surface area (Å²) in [6, 6.07) is 6.76. The molecule has 0 aliphatic rings. The Morgan fingerprint density at radius 1 is 1.27 bits per heavy atom. The Bertz CT molecular complexity index is 495. The molecule has 0 bridgehead atoms. The minimum Gasteiger partial charge on any atom is -0.467 e. The van der Waals surface area contributed by atoms with Crippen LogP contribution in [-0.4, -0.2) is 52.0 Å². The summed E-state index contributed by atoms with van der Waals surface area (Å²) in [4.78, 5) is 23.6. The summed E-state index contributed by atoms with van der Waals surface area (Å²) >= 11 is 3.37. The molecule has 1 amide bonds. The lowest BCUT2D eigenvalue weighted by atomic mass is 10.1. The fourth-order valence-corrected chi connectivity index (χ4v) is 2.22. The summed E-state index contributed by atoms with van der Waals surface area (Å²) in [7, 11) is 2.84. The van der Waals surface area contributed by atoms with Crippen LogP contribution in [0.15, 0.2) is 28.7 Å². The van der Waals surface area contributed by atoms with Crippen molar-refractivity contribution in [2.24, 2.45) is 0 Å². The molecule has 0 fully saturated rings. The van der Waals surface area contributed by atoms with Crippen LogP contribution in [0.5, 0.6) is 0 Å². The number of amides is 1. The number of rotatable bonds is 9. The Balaban J connectivity index is 2.57. The minimum atomic E-state index is -0.752. The Kier molecular flexibility index (Phi) is 8.72. The highest BCUT2D eigenvalue weighted by Gasteiger charge is 2.22. The van der Waals surface area contributed by atoms with Crippen LogP contribution in [0, 0.1) is 0 Å². The second kappa shape index (κ2) is 10.3. The first-order valence-electron chi connectivity index (χ1n) is 6.75. The quantitative estimate of drug-likeness (QED) is 0.521. The lowest BCUT2D eigenvalue weighted by molar-refractivity contribution is -0.145. The number of carbonyl (C=O) groups is 2. The molecule has 1 N–H and O–H groups in total. The Labute approximate surface area is 138 Å². The number of benzene rings is 1. The van der Waals surface area contributed by atoms with Gasteiger partial charge in [-0.05, 0) is 17.7 Å². The molecule has 7 heteroatoms. The van der Waals surface area contributed by atoms with Crippen molar-refractivity contribution in [1.29, 1.82) is 0 Å². The van der Waals surface area contributed by atoms with Gasteiger partial charge in [0.05, 0.1) is 20.3 Å². The molecule has 0 heterocycles. The molecule has 1 aromatic rings. The second-order valence-electron chi connectivity index (χ2n) is 4.52. The standard InChI is InChI=1S/C15H20BrNO5/c1-20-6-7-22-10-14(18)17-13(15(19)21-2)9-11-4-3-5-12(16)8-11/h3-5,8,13H,6-7,9-10H2,1-2H3,(H,17,18)/t13-/m1/s1. The molecule has 1 aromatic carbocycles. The first-order chi connectivity index (χ1) is 10.6. The van der Waals surface area contributed by atoms with Crippen molar-refractivity contribution < 1.29 is 23.8 Å². The smallest absolute Gasteiger partial charge is 0.328 e. The molecule has 0 saturated carbocycles. The SMILES string of the molecule is COCCOCC(=O)N[C@H](Cc1cccc(Br)c1)C(=O)OC. The van der Waals surface area contributed by atoms with Gasteiger partial charge < -0.3 is 19.5 Å². The monoisotopic (exact) mass is 373 g/mol. The zero-order valence-corrected chi connectivity index (χ0v) is 14.2. The van der Waals surface area contributed by atoms with Gasteiger partial charge in [-0.25, -0.2) is 4.79 Å². The summed E-state index contributed by atoms with van der Waals surface area (Å²) in [5.74, 6) is -0.869. The van der Waals surface area contributed by atoms with E-state index in [1.165, 1.54) is 7.11 Å². The molecule has 1 rings (SSSR count). The number of halogens is 1. The van der Waals surface area contributed by atoms with Crippen LogP contribution in [0.3, 0.4) is 0 Å². The van der Waals surface area contributed by atoms with Crippen molar-refractivity contribution >= 4 is 27.8 Å². The van der Waals surface area contributed by atoms with Gasteiger partial charge in [-0.1, -0.05) is 28.1 Å². The van der Waals surface area contributed by atoms with Gasteiger partial charge in [0.15, 0.2) is 0 Å². The van der Waals surface area contributed by atoms with Crippen LogP contribution in [-0.2, 0) is 30.2 Å². The molecular formula is C15H20BrNO5. The second-order valence-corrected chi connectivity index (χ2v) is 5.44. The van der Waals surface area contributed by atoms with Gasteiger partial charge in [-0.2, -0.15) is 0 Å². The highest BCUT2D eigenvalue weighted by Crippen LogP contribution is 2.13. The Hall–Kier alpha value is -1.44. The largest absolute Gasteiger partial charge is 0.467 e. The summed E-state index contributed by atoms with van der Waals surface area (Å²) in [5.41, 5.74) is 0.908. The third-order valence-electron chi connectivity index (χ3n) is 2.81. The number of carbonyl (C=O) groups excluding carboxylic acids is 2.